The van der Waals surface area contributed by atoms with E-state index in [4.69, 9.17) is 0 Å². The minimum Gasteiger partial charge on any atom is -0.392 e. The van der Waals surface area contributed by atoms with Gasteiger partial charge in [-0.2, -0.15) is 0 Å². The SMILES string of the molecule is CC1(C)C(O)CC1NCC1CCN(C2CC2)C1. The van der Waals surface area contributed by atoms with E-state index in [0.29, 0.717) is 6.04 Å². The Morgan fingerprint density at radius 3 is 2.65 bits per heavy atom. The van der Waals surface area contributed by atoms with Gasteiger partial charge in [-0.25, -0.2) is 0 Å². The van der Waals surface area contributed by atoms with Gasteiger partial charge in [0, 0.05) is 24.0 Å². The van der Waals surface area contributed by atoms with Crippen molar-refractivity contribution in [3.63, 3.8) is 0 Å². The summed E-state index contributed by atoms with van der Waals surface area (Å²) in [6.45, 7) is 8.10. The Morgan fingerprint density at radius 1 is 1.29 bits per heavy atom. The number of likely N-dealkylation sites (tertiary alicyclic amines) is 1. The predicted molar refractivity (Wildman–Crippen MR) is 68.9 cm³/mol. The molecule has 3 atom stereocenters. The molecule has 3 heteroatoms. The molecule has 3 nitrogen and oxygen atoms in total. The van der Waals surface area contributed by atoms with Crippen molar-refractivity contribution >= 4 is 0 Å². The van der Waals surface area contributed by atoms with Crippen molar-refractivity contribution in [2.24, 2.45) is 11.3 Å². The van der Waals surface area contributed by atoms with Gasteiger partial charge in [-0.3, -0.25) is 0 Å². The van der Waals surface area contributed by atoms with Crippen LogP contribution < -0.4 is 5.32 Å². The lowest BCUT2D eigenvalue weighted by Crippen LogP contribution is -2.60. The van der Waals surface area contributed by atoms with E-state index in [1.54, 1.807) is 0 Å². The van der Waals surface area contributed by atoms with Gasteiger partial charge in [0.1, 0.15) is 0 Å². The summed E-state index contributed by atoms with van der Waals surface area (Å²) in [7, 11) is 0. The third-order valence-corrected chi connectivity index (χ3v) is 5.25. The van der Waals surface area contributed by atoms with Crippen LogP contribution in [0.5, 0.6) is 0 Å². The standard InChI is InChI=1S/C14H26N2O/c1-14(2)12(7-13(14)17)15-8-10-5-6-16(9-10)11-3-4-11/h10-13,15,17H,3-9H2,1-2H3. The van der Waals surface area contributed by atoms with Gasteiger partial charge in [-0.05, 0) is 44.7 Å². The molecular weight excluding hydrogens is 212 g/mol. The Kier molecular flexibility index (Phi) is 2.96. The lowest BCUT2D eigenvalue weighted by molar-refractivity contribution is -0.0731. The molecule has 0 aromatic rings. The molecule has 17 heavy (non-hydrogen) atoms. The molecule has 2 aliphatic carbocycles. The monoisotopic (exact) mass is 238 g/mol. The first-order valence-electron chi connectivity index (χ1n) is 7.23. The minimum atomic E-state index is -0.105. The lowest BCUT2D eigenvalue weighted by Gasteiger charge is -2.50. The summed E-state index contributed by atoms with van der Waals surface area (Å²) in [5, 5.41) is 13.4. The van der Waals surface area contributed by atoms with Gasteiger partial charge in [0.2, 0.25) is 0 Å². The van der Waals surface area contributed by atoms with E-state index < -0.39 is 0 Å². The second-order valence-corrected chi connectivity index (χ2v) is 6.91. The van der Waals surface area contributed by atoms with E-state index in [1.807, 2.05) is 0 Å². The van der Waals surface area contributed by atoms with Gasteiger partial charge < -0.3 is 15.3 Å². The van der Waals surface area contributed by atoms with Gasteiger partial charge in [-0.1, -0.05) is 13.8 Å². The summed E-state index contributed by atoms with van der Waals surface area (Å²) in [4.78, 5) is 2.67. The van der Waals surface area contributed by atoms with Crippen molar-refractivity contribution in [1.82, 2.24) is 10.2 Å². The Bertz CT molecular complexity index is 288. The van der Waals surface area contributed by atoms with Crippen LogP contribution in [0.1, 0.15) is 39.5 Å². The van der Waals surface area contributed by atoms with Crippen LogP contribution in [0, 0.1) is 11.3 Å². The number of nitrogens with one attached hydrogen (secondary N) is 1. The molecule has 3 rings (SSSR count). The molecule has 0 bridgehead atoms. The Balaban J connectivity index is 1.40. The van der Waals surface area contributed by atoms with Crippen molar-refractivity contribution in [1.29, 1.82) is 0 Å². The summed E-state index contributed by atoms with van der Waals surface area (Å²) in [5.74, 6) is 0.837. The van der Waals surface area contributed by atoms with E-state index in [0.717, 1.165) is 24.9 Å². The molecule has 3 aliphatic rings. The first-order valence-corrected chi connectivity index (χ1v) is 7.23. The highest BCUT2D eigenvalue weighted by Crippen LogP contribution is 2.40. The molecule has 2 saturated carbocycles. The smallest absolute Gasteiger partial charge is 0.0621 e. The quantitative estimate of drug-likeness (QED) is 0.773. The second kappa shape index (κ2) is 4.22. The van der Waals surface area contributed by atoms with Crippen molar-refractivity contribution in [3.05, 3.63) is 0 Å². The molecule has 3 unspecified atom stereocenters. The van der Waals surface area contributed by atoms with E-state index in [9.17, 15) is 5.11 Å². The number of aliphatic hydroxyl groups is 1. The molecule has 1 saturated heterocycles. The predicted octanol–water partition coefficient (Wildman–Crippen LogP) is 1.22. The minimum absolute atomic E-state index is 0.0782. The number of nitrogens with zero attached hydrogens (tertiary/aromatic N) is 1. The highest BCUT2D eigenvalue weighted by molar-refractivity contribution is 5.02. The summed E-state index contributed by atoms with van der Waals surface area (Å²) >= 11 is 0. The highest BCUT2D eigenvalue weighted by Gasteiger charge is 2.47. The average molecular weight is 238 g/mol. The number of aliphatic hydroxyl groups excluding tert-OH is 1. The van der Waals surface area contributed by atoms with Crippen molar-refractivity contribution in [2.45, 2.75) is 57.7 Å². The fourth-order valence-corrected chi connectivity index (χ4v) is 3.36. The van der Waals surface area contributed by atoms with Crippen molar-refractivity contribution in [2.75, 3.05) is 19.6 Å². The topological polar surface area (TPSA) is 35.5 Å². The Hall–Kier alpha value is -0.120. The molecule has 98 valence electrons. The summed E-state index contributed by atoms with van der Waals surface area (Å²) in [5.41, 5.74) is 0.0782. The fourth-order valence-electron chi connectivity index (χ4n) is 3.36. The molecule has 0 amide bonds. The average Bonchev–Trinajstić information content (AvgIpc) is 3.04. The number of hydrogen-bond acceptors (Lipinski definition) is 3. The molecule has 3 fully saturated rings. The van der Waals surface area contributed by atoms with Crippen LogP contribution >= 0.6 is 0 Å². The number of hydrogen-bond donors (Lipinski definition) is 2. The van der Waals surface area contributed by atoms with Gasteiger partial charge >= 0.3 is 0 Å². The molecule has 1 aliphatic heterocycles. The molecule has 2 N–H and O–H groups in total. The van der Waals surface area contributed by atoms with Crippen LogP contribution in [0.25, 0.3) is 0 Å². The third kappa shape index (κ3) is 2.25. The van der Waals surface area contributed by atoms with Crippen molar-refractivity contribution < 1.29 is 5.11 Å². The van der Waals surface area contributed by atoms with Crippen LogP contribution in [-0.4, -0.2) is 47.8 Å². The first kappa shape index (κ1) is 11.9. The largest absolute Gasteiger partial charge is 0.392 e. The van der Waals surface area contributed by atoms with Crippen LogP contribution in [0.4, 0.5) is 0 Å². The molecule has 0 aromatic heterocycles. The van der Waals surface area contributed by atoms with Crippen LogP contribution in [0.3, 0.4) is 0 Å². The maximum Gasteiger partial charge on any atom is 0.0621 e. The van der Waals surface area contributed by atoms with Gasteiger partial charge in [0.05, 0.1) is 6.10 Å². The maximum absolute atomic E-state index is 9.71. The van der Waals surface area contributed by atoms with E-state index in [1.165, 1.54) is 32.4 Å². The zero-order chi connectivity index (χ0) is 12.0. The summed E-state index contributed by atoms with van der Waals surface area (Å²) < 4.78 is 0. The van der Waals surface area contributed by atoms with E-state index >= 15 is 0 Å². The molecule has 1 heterocycles. The number of rotatable bonds is 4. The van der Waals surface area contributed by atoms with E-state index in [-0.39, 0.29) is 11.5 Å². The third-order valence-electron chi connectivity index (χ3n) is 5.25. The Labute approximate surface area is 105 Å². The van der Waals surface area contributed by atoms with Crippen LogP contribution in [0.2, 0.25) is 0 Å². The van der Waals surface area contributed by atoms with Gasteiger partial charge in [0.15, 0.2) is 0 Å². The molecule has 0 spiro atoms. The zero-order valence-electron chi connectivity index (χ0n) is 11.2. The van der Waals surface area contributed by atoms with Crippen LogP contribution in [0.15, 0.2) is 0 Å². The molecule has 0 aromatic carbocycles. The first-order chi connectivity index (χ1) is 8.07. The highest BCUT2D eigenvalue weighted by atomic mass is 16.3. The second-order valence-electron chi connectivity index (χ2n) is 6.91. The molecular formula is C14H26N2O. The van der Waals surface area contributed by atoms with Crippen molar-refractivity contribution in [3.8, 4) is 0 Å². The fraction of sp³-hybridized carbons (Fsp3) is 1.00. The Morgan fingerprint density at radius 2 is 2.06 bits per heavy atom. The summed E-state index contributed by atoms with van der Waals surface area (Å²) in [6, 6.07) is 1.45. The maximum atomic E-state index is 9.71. The lowest BCUT2D eigenvalue weighted by atomic mass is 9.64. The summed E-state index contributed by atoms with van der Waals surface area (Å²) in [6.07, 6.45) is 5.06. The van der Waals surface area contributed by atoms with Gasteiger partial charge in [-0.15, -0.1) is 0 Å². The zero-order valence-corrected chi connectivity index (χ0v) is 11.2. The van der Waals surface area contributed by atoms with E-state index in [2.05, 4.69) is 24.1 Å². The normalized spacial score (nSPS) is 41.5. The van der Waals surface area contributed by atoms with Gasteiger partial charge in [0.25, 0.3) is 0 Å². The molecule has 0 radical (unpaired) electrons. The van der Waals surface area contributed by atoms with Crippen LogP contribution in [-0.2, 0) is 0 Å².